The maximum atomic E-state index is 15.2. The number of hydrogen-bond acceptors (Lipinski definition) is 4. The summed E-state index contributed by atoms with van der Waals surface area (Å²) < 4.78 is 17.4. The number of hydrogen-bond donors (Lipinski definition) is 1. The number of benzene rings is 1. The maximum absolute atomic E-state index is 15.2. The average Bonchev–Trinajstić information content (AvgIpc) is 3.43. The molecule has 1 fully saturated rings. The Hall–Kier alpha value is -2.80. The SMILES string of the molecule is CCC(CCN(C)C)n1c(C)nc2c(F)cc(-c3c[nH]c4nc(C5CC5)ncc34)cc21. The second-order valence-corrected chi connectivity index (χ2v) is 8.98. The van der Waals surface area contributed by atoms with Crippen LogP contribution in [0, 0.1) is 12.7 Å². The highest BCUT2D eigenvalue weighted by Crippen LogP contribution is 2.39. The number of rotatable bonds is 7. The molecular weight excluding hydrogens is 391 g/mol. The Labute approximate surface area is 181 Å². The molecular formula is C24H29FN6. The van der Waals surface area contributed by atoms with Crippen molar-refractivity contribution in [2.24, 2.45) is 0 Å². The Morgan fingerprint density at radius 3 is 2.77 bits per heavy atom. The Bertz CT molecular complexity index is 1250. The van der Waals surface area contributed by atoms with Crippen LogP contribution in [0.15, 0.2) is 24.5 Å². The topological polar surface area (TPSA) is 62.6 Å². The molecule has 0 aliphatic heterocycles. The first-order chi connectivity index (χ1) is 15.0. The Morgan fingerprint density at radius 2 is 2.06 bits per heavy atom. The van der Waals surface area contributed by atoms with E-state index in [0.29, 0.717) is 11.4 Å². The van der Waals surface area contributed by atoms with Gasteiger partial charge in [-0.25, -0.2) is 19.3 Å². The highest BCUT2D eigenvalue weighted by atomic mass is 19.1. The first kappa shape index (κ1) is 20.1. The van der Waals surface area contributed by atoms with Crippen LogP contribution >= 0.6 is 0 Å². The number of halogens is 1. The summed E-state index contributed by atoms with van der Waals surface area (Å²) in [4.78, 5) is 19.3. The Balaban J connectivity index is 1.61. The quantitative estimate of drug-likeness (QED) is 0.446. The van der Waals surface area contributed by atoms with Gasteiger partial charge in [-0.1, -0.05) is 6.92 Å². The van der Waals surface area contributed by atoms with Crippen LogP contribution in [0.2, 0.25) is 0 Å². The van der Waals surface area contributed by atoms with Crippen LogP contribution in [0.5, 0.6) is 0 Å². The third-order valence-electron chi connectivity index (χ3n) is 6.38. The smallest absolute Gasteiger partial charge is 0.151 e. The molecule has 0 bridgehead atoms. The molecule has 3 aromatic heterocycles. The predicted octanol–water partition coefficient (Wildman–Crippen LogP) is 5.20. The van der Waals surface area contributed by atoms with Gasteiger partial charge in [-0.05, 0) is 70.9 Å². The second-order valence-electron chi connectivity index (χ2n) is 8.98. The van der Waals surface area contributed by atoms with Crippen molar-refractivity contribution in [2.75, 3.05) is 20.6 Å². The minimum Gasteiger partial charge on any atom is -0.345 e. The zero-order valence-electron chi connectivity index (χ0n) is 18.6. The lowest BCUT2D eigenvalue weighted by Crippen LogP contribution is -2.19. The third kappa shape index (κ3) is 3.61. The van der Waals surface area contributed by atoms with Crippen molar-refractivity contribution in [3.8, 4) is 11.1 Å². The highest BCUT2D eigenvalue weighted by Gasteiger charge is 2.27. The van der Waals surface area contributed by atoms with Crippen molar-refractivity contribution in [2.45, 2.75) is 51.5 Å². The average molecular weight is 421 g/mol. The van der Waals surface area contributed by atoms with Gasteiger partial charge < -0.3 is 14.5 Å². The van der Waals surface area contributed by atoms with Crippen LogP contribution in [-0.4, -0.2) is 50.0 Å². The number of imidazole rings is 1. The van der Waals surface area contributed by atoms with E-state index in [2.05, 4.69) is 56.5 Å². The van der Waals surface area contributed by atoms with Gasteiger partial charge in [-0.3, -0.25) is 0 Å². The van der Waals surface area contributed by atoms with Crippen molar-refractivity contribution >= 4 is 22.1 Å². The predicted molar refractivity (Wildman–Crippen MR) is 122 cm³/mol. The Morgan fingerprint density at radius 1 is 1.26 bits per heavy atom. The van der Waals surface area contributed by atoms with E-state index in [4.69, 9.17) is 0 Å². The van der Waals surface area contributed by atoms with Gasteiger partial charge in [0.25, 0.3) is 0 Å². The minimum atomic E-state index is -0.290. The van der Waals surface area contributed by atoms with E-state index in [1.807, 2.05) is 19.3 Å². The van der Waals surface area contributed by atoms with Crippen molar-refractivity contribution in [3.05, 3.63) is 42.0 Å². The van der Waals surface area contributed by atoms with Gasteiger partial charge in [0.15, 0.2) is 5.82 Å². The summed E-state index contributed by atoms with van der Waals surface area (Å²) in [5.74, 6) is 1.97. The summed E-state index contributed by atoms with van der Waals surface area (Å²) in [6.07, 6.45) is 8.07. The fourth-order valence-electron chi connectivity index (χ4n) is 4.51. The monoisotopic (exact) mass is 420 g/mol. The molecule has 0 saturated heterocycles. The molecule has 31 heavy (non-hydrogen) atoms. The lowest BCUT2D eigenvalue weighted by atomic mass is 10.0. The van der Waals surface area contributed by atoms with Crippen LogP contribution in [0.1, 0.15) is 56.2 Å². The summed E-state index contributed by atoms with van der Waals surface area (Å²) in [5.41, 5.74) is 3.85. The van der Waals surface area contributed by atoms with Crippen LogP contribution in [0.3, 0.4) is 0 Å². The molecule has 1 atom stereocenters. The van der Waals surface area contributed by atoms with Gasteiger partial charge in [0.2, 0.25) is 0 Å². The summed E-state index contributed by atoms with van der Waals surface area (Å²) in [6, 6.07) is 3.92. The van der Waals surface area contributed by atoms with Gasteiger partial charge in [0.05, 0.1) is 5.52 Å². The third-order valence-corrected chi connectivity index (χ3v) is 6.38. The molecule has 3 heterocycles. The molecule has 0 radical (unpaired) electrons. The molecule has 0 spiro atoms. The number of aromatic nitrogens is 5. The first-order valence-electron chi connectivity index (χ1n) is 11.1. The van der Waals surface area contributed by atoms with E-state index in [9.17, 15) is 0 Å². The summed E-state index contributed by atoms with van der Waals surface area (Å²) >= 11 is 0. The molecule has 1 saturated carbocycles. The molecule has 7 heteroatoms. The molecule has 1 N–H and O–H groups in total. The normalized spacial score (nSPS) is 15.4. The standard InChI is InChI=1S/C24H29FN6/c1-5-17(8-9-30(3)4)31-14(2)28-22-20(25)10-16(11-21(22)31)18-12-27-24-19(18)13-26-23(29-24)15-6-7-15/h10-13,15,17H,5-9H2,1-4H3,(H,26,27,29). The van der Waals surface area contributed by atoms with E-state index in [-0.39, 0.29) is 11.9 Å². The lowest BCUT2D eigenvalue weighted by molar-refractivity contribution is 0.343. The molecule has 5 rings (SSSR count). The van der Waals surface area contributed by atoms with Crippen LogP contribution < -0.4 is 0 Å². The van der Waals surface area contributed by atoms with Crippen LogP contribution in [0.4, 0.5) is 4.39 Å². The van der Waals surface area contributed by atoms with Crippen LogP contribution in [0.25, 0.3) is 33.2 Å². The Kier molecular flexibility index (Phi) is 5.01. The zero-order chi connectivity index (χ0) is 21.7. The number of H-pyrrole nitrogens is 1. The van der Waals surface area contributed by atoms with E-state index >= 15 is 4.39 Å². The van der Waals surface area contributed by atoms with Crippen molar-refractivity contribution in [3.63, 3.8) is 0 Å². The lowest BCUT2D eigenvalue weighted by Gasteiger charge is -2.21. The summed E-state index contributed by atoms with van der Waals surface area (Å²) in [7, 11) is 4.16. The van der Waals surface area contributed by atoms with Gasteiger partial charge in [0.1, 0.15) is 22.8 Å². The van der Waals surface area contributed by atoms with Gasteiger partial charge in [-0.15, -0.1) is 0 Å². The van der Waals surface area contributed by atoms with Gasteiger partial charge >= 0.3 is 0 Å². The number of aryl methyl sites for hydroxylation is 1. The first-order valence-corrected chi connectivity index (χ1v) is 11.1. The van der Waals surface area contributed by atoms with Crippen molar-refractivity contribution < 1.29 is 4.39 Å². The van der Waals surface area contributed by atoms with Crippen molar-refractivity contribution in [1.82, 2.24) is 29.4 Å². The van der Waals surface area contributed by atoms with Gasteiger partial charge in [0, 0.05) is 35.3 Å². The molecule has 0 amide bonds. The second kappa shape index (κ2) is 7.71. The maximum Gasteiger partial charge on any atom is 0.151 e. The molecule has 1 unspecified atom stereocenters. The van der Waals surface area contributed by atoms with Crippen molar-refractivity contribution in [1.29, 1.82) is 0 Å². The fourth-order valence-corrected chi connectivity index (χ4v) is 4.51. The van der Waals surface area contributed by atoms with E-state index in [1.165, 1.54) is 0 Å². The minimum absolute atomic E-state index is 0.273. The number of nitrogens with zero attached hydrogens (tertiary/aromatic N) is 5. The summed E-state index contributed by atoms with van der Waals surface area (Å²) in [6.45, 7) is 5.12. The summed E-state index contributed by atoms with van der Waals surface area (Å²) in [5, 5.41) is 0.922. The fraction of sp³-hybridized carbons (Fsp3) is 0.458. The van der Waals surface area contributed by atoms with Gasteiger partial charge in [-0.2, -0.15) is 0 Å². The largest absolute Gasteiger partial charge is 0.345 e. The van der Waals surface area contributed by atoms with E-state index in [0.717, 1.165) is 71.6 Å². The van der Waals surface area contributed by atoms with E-state index in [1.54, 1.807) is 6.07 Å². The highest BCUT2D eigenvalue weighted by molar-refractivity contribution is 5.95. The zero-order valence-corrected chi connectivity index (χ0v) is 18.6. The molecule has 4 aromatic rings. The van der Waals surface area contributed by atoms with E-state index < -0.39 is 0 Å². The number of aromatic amines is 1. The number of nitrogens with one attached hydrogen (secondary N) is 1. The molecule has 1 aliphatic rings. The van der Waals surface area contributed by atoms with Crippen LogP contribution in [-0.2, 0) is 0 Å². The molecule has 1 aliphatic carbocycles. The molecule has 6 nitrogen and oxygen atoms in total. The molecule has 162 valence electrons. The molecule has 1 aromatic carbocycles. The number of fused-ring (bicyclic) bond motifs is 2.